The number of ether oxygens (including phenoxy) is 2. The van der Waals surface area contributed by atoms with Gasteiger partial charge in [0.25, 0.3) is 0 Å². The first-order valence-corrected chi connectivity index (χ1v) is 11.2. The zero-order valence-electron chi connectivity index (χ0n) is 16.2. The number of carbonyl (C=O) groups is 2. The van der Waals surface area contributed by atoms with Crippen LogP contribution in [0.5, 0.6) is 0 Å². The first-order valence-electron chi connectivity index (χ1n) is 9.72. The summed E-state index contributed by atoms with van der Waals surface area (Å²) in [6, 6.07) is 0. The topological polar surface area (TPSA) is 127 Å². The Morgan fingerprint density at radius 2 is 1.41 bits per heavy atom. The van der Waals surface area contributed by atoms with E-state index in [1.165, 1.54) is 44.9 Å². The molecule has 0 aliphatic rings. The Balaban J connectivity index is 3.61. The van der Waals surface area contributed by atoms with Crippen LogP contribution in [0.1, 0.15) is 84.0 Å². The van der Waals surface area contributed by atoms with E-state index in [-0.39, 0.29) is 13.0 Å². The summed E-state index contributed by atoms with van der Waals surface area (Å²) in [6.45, 7) is 2.77. The highest BCUT2D eigenvalue weighted by Crippen LogP contribution is 2.11. The lowest BCUT2D eigenvalue weighted by molar-refractivity contribution is -0.150. The third-order valence-corrected chi connectivity index (χ3v) is 4.96. The molecule has 1 unspecified atom stereocenters. The number of carboxylic acid groups (broad SMARTS) is 1. The highest BCUT2D eigenvalue weighted by atomic mass is 32.2. The second-order valence-corrected chi connectivity index (χ2v) is 8.13. The highest BCUT2D eigenvalue weighted by molar-refractivity contribution is 7.86. The van der Waals surface area contributed by atoms with Gasteiger partial charge < -0.3 is 14.6 Å². The van der Waals surface area contributed by atoms with Crippen LogP contribution in [0.3, 0.4) is 0 Å². The summed E-state index contributed by atoms with van der Waals surface area (Å²) in [5, 5.41) is 8.57. The summed E-state index contributed by atoms with van der Waals surface area (Å²) >= 11 is 0. The van der Waals surface area contributed by atoms with Gasteiger partial charge in [-0.15, -0.1) is 0 Å². The van der Waals surface area contributed by atoms with Crippen LogP contribution < -0.4 is 0 Å². The van der Waals surface area contributed by atoms with E-state index in [4.69, 9.17) is 14.4 Å². The monoisotopic (exact) mass is 410 g/mol. The van der Waals surface area contributed by atoms with Crippen molar-refractivity contribution in [1.82, 2.24) is 0 Å². The van der Waals surface area contributed by atoms with Crippen molar-refractivity contribution in [3.8, 4) is 0 Å². The average Bonchev–Trinajstić information content (AvgIpc) is 2.57. The van der Waals surface area contributed by atoms with Gasteiger partial charge >= 0.3 is 22.1 Å². The van der Waals surface area contributed by atoms with Gasteiger partial charge in [-0.3, -0.25) is 14.1 Å². The van der Waals surface area contributed by atoms with E-state index in [1.54, 1.807) is 0 Å². The fourth-order valence-corrected chi connectivity index (χ4v) is 3.09. The lowest BCUT2D eigenvalue weighted by Crippen LogP contribution is -2.29. The minimum absolute atomic E-state index is 0.0571. The van der Waals surface area contributed by atoms with E-state index in [2.05, 4.69) is 11.7 Å². The molecule has 0 aliphatic carbocycles. The zero-order valence-corrected chi connectivity index (χ0v) is 17.0. The van der Waals surface area contributed by atoms with Crippen LogP contribution in [0.15, 0.2) is 0 Å². The van der Waals surface area contributed by atoms with Crippen LogP contribution in [-0.2, 0) is 29.2 Å². The Labute approximate surface area is 162 Å². The predicted octanol–water partition coefficient (Wildman–Crippen LogP) is 3.55. The van der Waals surface area contributed by atoms with Gasteiger partial charge in [0.05, 0.1) is 19.4 Å². The molecule has 160 valence electrons. The molecule has 0 rings (SSSR count). The van der Waals surface area contributed by atoms with Crippen molar-refractivity contribution >= 4 is 22.1 Å². The molecular formula is C18H34O8S. The van der Waals surface area contributed by atoms with Crippen molar-refractivity contribution in [2.75, 3.05) is 13.2 Å². The second kappa shape index (κ2) is 15.8. The third kappa shape index (κ3) is 16.7. The molecule has 0 spiro atoms. The lowest BCUT2D eigenvalue weighted by atomic mass is 10.1. The van der Waals surface area contributed by atoms with Crippen LogP contribution in [0.4, 0.5) is 0 Å². The standard InChI is InChI=1S/C18H34O8S/c1-2-3-4-5-6-7-8-9-10-11-13-25-14-12-17(21)26-18(15-16(19)20)27(22,23)24/h18H,2-15H2,1H3,(H,19,20)(H,22,23,24). The van der Waals surface area contributed by atoms with Gasteiger partial charge in [-0.05, 0) is 6.42 Å². The maximum Gasteiger partial charge on any atom is 0.309 e. The summed E-state index contributed by atoms with van der Waals surface area (Å²) in [4.78, 5) is 22.0. The smallest absolute Gasteiger partial charge is 0.309 e. The number of rotatable bonds is 18. The maximum atomic E-state index is 11.5. The molecule has 1 atom stereocenters. The zero-order chi connectivity index (χ0) is 20.5. The molecule has 0 aromatic carbocycles. The molecule has 0 fully saturated rings. The Morgan fingerprint density at radius 1 is 0.889 bits per heavy atom. The van der Waals surface area contributed by atoms with Crippen LogP contribution in [0.25, 0.3) is 0 Å². The SMILES string of the molecule is CCCCCCCCCCCCOCCC(=O)OC(CC(=O)O)S(=O)(=O)O. The van der Waals surface area contributed by atoms with Gasteiger partial charge in [0, 0.05) is 6.61 Å². The van der Waals surface area contributed by atoms with Gasteiger partial charge in [-0.1, -0.05) is 64.7 Å². The van der Waals surface area contributed by atoms with Gasteiger partial charge in [0.15, 0.2) is 0 Å². The van der Waals surface area contributed by atoms with E-state index >= 15 is 0 Å². The molecule has 9 heteroatoms. The number of hydrogen-bond donors (Lipinski definition) is 2. The van der Waals surface area contributed by atoms with E-state index < -0.39 is 33.9 Å². The highest BCUT2D eigenvalue weighted by Gasteiger charge is 2.29. The second-order valence-electron chi connectivity index (χ2n) is 6.58. The third-order valence-electron chi connectivity index (χ3n) is 4.03. The first-order chi connectivity index (χ1) is 12.8. The van der Waals surface area contributed by atoms with E-state index in [9.17, 15) is 18.0 Å². The van der Waals surface area contributed by atoms with Gasteiger partial charge in [0.2, 0.25) is 5.44 Å². The summed E-state index contributed by atoms with van der Waals surface area (Å²) in [5.41, 5.74) is -2.09. The lowest BCUT2D eigenvalue weighted by Gasteiger charge is -2.13. The van der Waals surface area contributed by atoms with Crippen molar-refractivity contribution in [1.29, 1.82) is 0 Å². The normalized spacial score (nSPS) is 12.7. The first kappa shape index (κ1) is 25.8. The summed E-state index contributed by atoms with van der Waals surface area (Å²) in [6.07, 6.45) is 10.9. The summed E-state index contributed by atoms with van der Waals surface area (Å²) < 4.78 is 40.6. The van der Waals surface area contributed by atoms with Crippen LogP contribution in [-0.4, -0.2) is 48.7 Å². The van der Waals surface area contributed by atoms with Crippen LogP contribution in [0, 0.1) is 0 Å². The molecule has 8 nitrogen and oxygen atoms in total. The summed E-state index contributed by atoms with van der Waals surface area (Å²) in [7, 11) is -4.78. The van der Waals surface area contributed by atoms with E-state index in [1.807, 2.05) is 0 Å². The van der Waals surface area contributed by atoms with Crippen molar-refractivity contribution in [3.05, 3.63) is 0 Å². The van der Waals surface area contributed by atoms with Crippen molar-refractivity contribution in [2.24, 2.45) is 0 Å². The summed E-state index contributed by atoms with van der Waals surface area (Å²) in [5.74, 6) is -2.43. The molecule has 0 aliphatic heterocycles. The van der Waals surface area contributed by atoms with Crippen LogP contribution in [0.2, 0.25) is 0 Å². The molecule has 0 saturated carbocycles. The number of aliphatic carboxylic acids is 1. The fraction of sp³-hybridized carbons (Fsp3) is 0.889. The average molecular weight is 411 g/mol. The Morgan fingerprint density at radius 3 is 1.89 bits per heavy atom. The molecule has 0 bridgehead atoms. The Hall–Kier alpha value is -1.19. The number of unbranched alkanes of at least 4 members (excludes halogenated alkanes) is 9. The van der Waals surface area contributed by atoms with Gasteiger partial charge in [-0.2, -0.15) is 8.42 Å². The Bertz CT molecular complexity index is 503. The van der Waals surface area contributed by atoms with Crippen LogP contribution >= 0.6 is 0 Å². The van der Waals surface area contributed by atoms with E-state index in [0.29, 0.717) is 6.61 Å². The van der Waals surface area contributed by atoms with E-state index in [0.717, 1.165) is 19.3 Å². The molecule has 0 radical (unpaired) electrons. The number of carbonyl (C=O) groups excluding carboxylic acids is 1. The number of carboxylic acids is 1. The molecule has 2 N–H and O–H groups in total. The van der Waals surface area contributed by atoms with Crippen molar-refractivity contribution < 1.29 is 37.1 Å². The molecule has 0 aromatic heterocycles. The van der Waals surface area contributed by atoms with Crippen molar-refractivity contribution in [3.63, 3.8) is 0 Å². The fourth-order valence-electron chi connectivity index (χ4n) is 2.51. The maximum absolute atomic E-state index is 11.5. The van der Waals surface area contributed by atoms with Gasteiger partial charge in [-0.25, -0.2) is 0 Å². The molecule has 0 saturated heterocycles. The molecular weight excluding hydrogens is 376 g/mol. The number of esters is 1. The van der Waals surface area contributed by atoms with Crippen molar-refractivity contribution in [2.45, 2.75) is 89.4 Å². The number of hydrogen-bond acceptors (Lipinski definition) is 6. The van der Waals surface area contributed by atoms with Gasteiger partial charge in [0.1, 0.15) is 0 Å². The largest absolute Gasteiger partial charge is 0.481 e. The quantitative estimate of drug-likeness (QED) is 0.199. The minimum atomic E-state index is -4.78. The predicted molar refractivity (Wildman–Crippen MR) is 101 cm³/mol. The minimum Gasteiger partial charge on any atom is -0.481 e. The Kier molecular flexibility index (Phi) is 15.1. The molecule has 0 amide bonds. The molecule has 0 aromatic rings. The molecule has 0 heterocycles. The molecule has 27 heavy (non-hydrogen) atoms.